The zero-order valence-corrected chi connectivity index (χ0v) is 16.3. The van der Waals surface area contributed by atoms with Crippen LogP contribution >= 0.6 is 23.4 Å². The number of hydrogen-bond acceptors (Lipinski definition) is 5. The molecule has 3 heterocycles. The molecule has 0 saturated carbocycles. The third kappa shape index (κ3) is 3.68. The number of thioether (sulfide) groups is 1. The van der Waals surface area contributed by atoms with E-state index in [2.05, 4.69) is 5.32 Å². The first-order chi connectivity index (χ1) is 13.6. The second-order valence-corrected chi connectivity index (χ2v) is 7.77. The van der Waals surface area contributed by atoms with E-state index in [1.165, 1.54) is 11.8 Å². The topological polar surface area (TPSA) is 75.7 Å². The van der Waals surface area contributed by atoms with Gasteiger partial charge < -0.3 is 19.1 Å². The van der Waals surface area contributed by atoms with Crippen LogP contribution in [0.25, 0.3) is 0 Å². The molecule has 1 aliphatic rings. The third-order valence-corrected chi connectivity index (χ3v) is 6.14. The molecule has 4 rings (SSSR count). The van der Waals surface area contributed by atoms with Gasteiger partial charge in [0.1, 0.15) is 17.2 Å². The zero-order chi connectivity index (χ0) is 19.5. The van der Waals surface area contributed by atoms with Gasteiger partial charge in [0.05, 0.1) is 35.9 Å². The molecule has 2 unspecified atom stereocenters. The highest BCUT2D eigenvalue weighted by molar-refractivity contribution is 7.99. The SMILES string of the molecule is O=C(NCc1ccco1)C1CSC(c2ccoc2)N1C(=O)c1ccccc1Cl. The molecule has 1 saturated heterocycles. The van der Waals surface area contributed by atoms with Crippen molar-refractivity contribution >= 4 is 35.2 Å². The van der Waals surface area contributed by atoms with Crippen LogP contribution in [0.1, 0.15) is 27.1 Å². The smallest absolute Gasteiger partial charge is 0.257 e. The zero-order valence-electron chi connectivity index (χ0n) is 14.7. The van der Waals surface area contributed by atoms with Crippen molar-refractivity contribution in [3.63, 3.8) is 0 Å². The van der Waals surface area contributed by atoms with Crippen molar-refractivity contribution in [3.8, 4) is 0 Å². The maximum Gasteiger partial charge on any atom is 0.257 e. The Morgan fingerprint density at radius 2 is 2.04 bits per heavy atom. The van der Waals surface area contributed by atoms with Crippen LogP contribution in [0.2, 0.25) is 5.02 Å². The predicted octanol–water partition coefficient (Wildman–Crippen LogP) is 4.10. The van der Waals surface area contributed by atoms with Crippen LogP contribution in [-0.2, 0) is 11.3 Å². The fourth-order valence-corrected chi connectivity index (χ4v) is 4.73. The van der Waals surface area contributed by atoms with Crippen LogP contribution < -0.4 is 5.32 Å². The number of halogens is 1. The Kier molecular flexibility index (Phi) is 5.45. The highest BCUT2D eigenvalue weighted by Crippen LogP contribution is 2.43. The molecule has 144 valence electrons. The Bertz CT molecular complexity index is 959. The van der Waals surface area contributed by atoms with Crippen molar-refractivity contribution in [2.75, 3.05) is 5.75 Å². The minimum atomic E-state index is -0.636. The van der Waals surface area contributed by atoms with Gasteiger partial charge in [-0.1, -0.05) is 23.7 Å². The van der Waals surface area contributed by atoms with Crippen LogP contribution in [-0.4, -0.2) is 28.5 Å². The molecule has 28 heavy (non-hydrogen) atoms. The molecule has 0 bridgehead atoms. The van der Waals surface area contributed by atoms with Crippen LogP contribution in [0.3, 0.4) is 0 Å². The lowest BCUT2D eigenvalue weighted by atomic mass is 10.1. The lowest BCUT2D eigenvalue weighted by molar-refractivity contribution is -0.125. The molecule has 1 aliphatic heterocycles. The van der Waals surface area contributed by atoms with Crippen molar-refractivity contribution in [2.24, 2.45) is 0 Å². The molecule has 8 heteroatoms. The summed E-state index contributed by atoms with van der Waals surface area (Å²) in [5.74, 6) is 0.584. The summed E-state index contributed by atoms with van der Waals surface area (Å²) in [6, 6.07) is 11.5. The normalized spacial score (nSPS) is 19.0. The van der Waals surface area contributed by atoms with E-state index in [-0.39, 0.29) is 23.7 Å². The molecule has 1 N–H and O–H groups in total. The third-order valence-electron chi connectivity index (χ3n) is 4.49. The summed E-state index contributed by atoms with van der Waals surface area (Å²) in [6.45, 7) is 0.261. The van der Waals surface area contributed by atoms with Crippen molar-refractivity contribution < 1.29 is 18.4 Å². The number of nitrogens with zero attached hydrogens (tertiary/aromatic N) is 1. The second kappa shape index (κ2) is 8.16. The van der Waals surface area contributed by atoms with Gasteiger partial charge in [-0.25, -0.2) is 0 Å². The van der Waals surface area contributed by atoms with Crippen LogP contribution in [0.15, 0.2) is 70.1 Å². The van der Waals surface area contributed by atoms with Crippen molar-refractivity contribution in [3.05, 3.63) is 83.2 Å². The minimum Gasteiger partial charge on any atom is -0.472 e. The number of rotatable bonds is 5. The van der Waals surface area contributed by atoms with Gasteiger partial charge in [0.2, 0.25) is 5.91 Å². The fourth-order valence-electron chi connectivity index (χ4n) is 3.11. The van der Waals surface area contributed by atoms with Gasteiger partial charge in [0, 0.05) is 11.3 Å². The molecule has 0 radical (unpaired) electrons. The van der Waals surface area contributed by atoms with E-state index in [4.69, 9.17) is 20.4 Å². The molecule has 0 aliphatic carbocycles. The van der Waals surface area contributed by atoms with Crippen molar-refractivity contribution in [1.82, 2.24) is 10.2 Å². The number of carbonyl (C=O) groups excluding carboxylic acids is 2. The van der Waals surface area contributed by atoms with Gasteiger partial charge in [-0.05, 0) is 30.3 Å². The van der Waals surface area contributed by atoms with Crippen molar-refractivity contribution in [1.29, 1.82) is 0 Å². The van der Waals surface area contributed by atoms with E-state index in [9.17, 15) is 9.59 Å². The summed E-state index contributed by atoms with van der Waals surface area (Å²) in [4.78, 5) is 27.8. The van der Waals surface area contributed by atoms with E-state index in [0.717, 1.165) is 5.56 Å². The molecule has 6 nitrogen and oxygen atoms in total. The lowest BCUT2D eigenvalue weighted by Gasteiger charge is -2.28. The number of nitrogens with one attached hydrogen (secondary N) is 1. The van der Waals surface area contributed by atoms with E-state index >= 15 is 0 Å². The first kappa shape index (κ1) is 18.7. The molecule has 0 spiro atoms. The number of amides is 2. The van der Waals surface area contributed by atoms with Crippen LogP contribution in [0.4, 0.5) is 0 Å². The minimum absolute atomic E-state index is 0.240. The Hall–Kier alpha value is -2.64. The van der Waals surface area contributed by atoms with Gasteiger partial charge in [-0.2, -0.15) is 0 Å². The van der Waals surface area contributed by atoms with E-state index in [0.29, 0.717) is 22.1 Å². The Morgan fingerprint density at radius 3 is 2.75 bits per heavy atom. The van der Waals surface area contributed by atoms with Gasteiger partial charge in [0.15, 0.2) is 0 Å². The molecule has 3 aromatic rings. The quantitative estimate of drug-likeness (QED) is 0.677. The number of carbonyl (C=O) groups is 2. The molecule has 1 fully saturated rings. The summed E-state index contributed by atoms with van der Waals surface area (Å²) in [7, 11) is 0. The molecular weight excluding hydrogens is 400 g/mol. The summed E-state index contributed by atoms with van der Waals surface area (Å²) >= 11 is 7.75. The lowest BCUT2D eigenvalue weighted by Crippen LogP contribution is -2.47. The monoisotopic (exact) mass is 416 g/mol. The number of furan rings is 2. The van der Waals surface area contributed by atoms with E-state index < -0.39 is 6.04 Å². The summed E-state index contributed by atoms with van der Waals surface area (Å²) in [5.41, 5.74) is 1.19. The van der Waals surface area contributed by atoms with E-state index in [1.54, 1.807) is 66.2 Å². The Labute approximate surface area is 170 Å². The summed E-state index contributed by atoms with van der Waals surface area (Å²) in [5, 5.41) is 2.87. The first-order valence-electron chi connectivity index (χ1n) is 8.66. The van der Waals surface area contributed by atoms with E-state index in [1.807, 2.05) is 0 Å². The molecule has 2 atom stereocenters. The van der Waals surface area contributed by atoms with Crippen LogP contribution in [0.5, 0.6) is 0 Å². The number of benzene rings is 1. The molecule has 2 aromatic heterocycles. The average Bonchev–Trinajstić information content (AvgIpc) is 3.47. The molecule has 1 aromatic carbocycles. The summed E-state index contributed by atoms with van der Waals surface area (Å²) < 4.78 is 10.4. The molecular formula is C20H17ClN2O4S. The van der Waals surface area contributed by atoms with Crippen molar-refractivity contribution in [2.45, 2.75) is 18.0 Å². The van der Waals surface area contributed by atoms with Gasteiger partial charge in [-0.15, -0.1) is 11.8 Å². The molecule has 2 amide bonds. The maximum atomic E-state index is 13.3. The Balaban J connectivity index is 1.60. The van der Waals surface area contributed by atoms with Gasteiger partial charge >= 0.3 is 0 Å². The summed E-state index contributed by atoms with van der Waals surface area (Å²) in [6.07, 6.45) is 4.70. The second-order valence-electron chi connectivity index (χ2n) is 6.25. The highest BCUT2D eigenvalue weighted by atomic mass is 35.5. The largest absolute Gasteiger partial charge is 0.472 e. The Morgan fingerprint density at radius 1 is 1.18 bits per heavy atom. The maximum absolute atomic E-state index is 13.3. The van der Waals surface area contributed by atoms with Gasteiger partial charge in [0.25, 0.3) is 5.91 Å². The van der Waals surface area contributed by atoms with Gasteiger partial charge in [-0.3, -0.25) is 9.59 Å². The fraction of sp³-hybridized carbons (Fsp3) is 0.200. The number of hydrogen-bond donors (Lipinski definition) is 1. The highest BCUT2D eigenvalue weighted by Gasteiger charge is 2.43. The predicted molar refractivity (Wildman–Crippen MR) is 106 cm³/mol. The first-order valence-corrected chi connectivity index (χ1v) is 10.1. The van der Waals surface area contributed by atoms with Crippen LogP contribution in [0, 0.1) is 0 Å². The average molecular weight is 417 g/mol. The standard InChI is InChI=1S/C20H17ClN2O4S/c21-16-6-2-1-5-15(16)19(25)23-17(12-28-20(23)13-7-9-26-11-13)18(24)22-10-14-4-3-8-27-14/h1-9,11,17,20H,10,12H2,(H,22,24).